The molecule has 0 spiro atoms. The predicted molar refractivity (Wildman–Crippen MR) is 159 cm³/mol. The molecule has 1 saturated heterocycles. The molecule has 43 heavy (non-hydrogen) atoms. The predicted octanol–water partition coefficient (Wildman–Crippen LogP) is 4.54. The number of rotatable bonds is 7. The summed E-state index contributed by atoms with van der Waals surface area (Å²) in [7, 11) is 4.91. The van der Waals surface area contributed by atoms with E-state index in [1.807, 2.05) is 6.92 Å². The molecule has 0 radical (unpaired) electrons. The van der Waals surface area contributed by atoms with E-state index in [0.717, 1.165) is 31.3 Å². The van der Waals surface area contributed by atoms with Crippen LogP contribution < -0.4 is 0 Å². The summed E-state index contributed by atoms with van der Waals surface area (Å²) in [6.07, 6.45) is 5.36. The summed E-state index contributed by atoms with van der Waals surface area (Å²) < 4.78 is 23.6. The van der Waals surface area contributed by atoms with Crippen molar-refractivity contribution in [2.75, 3.05) is 27.9 Å². The minimum atomic E-state index is -1.12. The minimum absolute atomic E-state index is 0.0133. The fourth-order valence-electron chi connectivity index (χ4n) is 9.30. The molecule has 9 heteroatoms. The van der Waals surface area contributed by atoms with Gasteiger partial charge in [-0.2, -0.15) is 0 Å². The zero-order chi connectivity index (χ0) is 31.0. The number of ketones is 2. The van der Waals surface area contributed by atoms with Crippen molar-refractivity contribution in [1.29, 1.82) is 0 Å². The van der Waals surface area contributed by atoms with Gasteiger partial charge in [-0.05, 0) is 61.3 Å². The summed E-state index contributed by atoms with van der Waals surface area (Å²) in [4.78, 5) is 39.2. The number of hydrogen-bond donors (Lipinski definition) is 1. The molecule has 1 N–H and O–H groups in total. The van der Waals surface area contributed by atoms with Gasteiger partial charge in [0.1, 0.15) is 5.78 Å². The van der Waals surface area contributed by atoms with Crippen LogP contribution in [-0.2, 0) is 38.3 Å². The summed E-state index contributed by atoms with van der Waals surface area (Å²) in [6, 6.07) is 0. The molecule has 0 bridgehead atoms. The molecule has 0 aromatic heterocycles. The van der Waals surface area contributed by atoms with E-state index in [-0.39, 0.29) is 96.0 Å². The number of allylic oxidation sites excluding steroid dienone is 1. The third kappa shape index (κ3) is 6.29. The van der Waals surface area contributed by atoms with Crippen molar-refractivity contribution in [2.45, 2.75) is 109 Å². The van der Waals surface area contributed by atoms with Gasteiger partial charge in [0, 0.05) is 51.4 Å². The normalized spacial score (nSPS) is 46.4. The lowest BCUT2D eigenvalue weighted by molar-refractivity contribution is -0.332. The number of aliphatic hydroxyl groups is 1. The average Bonchev–Trinajstić information content (AvgIpc) is 3.66. The smallest absolute Gasteiger partial charge is 0.162 e. The Bertz CT molecular complexity index is 1010. The first-order chi connectivity index (χ1) is 20.6. The molecule has 3 saturated carbocycles. The van der Waals surface area contributed by atoms with Crippen LogP contribution in [0.15, 0.2) is 11.6 Å². The van der Waals surface area contributed by atoms with Crippen LogP contribution in [-0.4, -0.2) is 81.4 Å². The van der Waals surface area contributed by atoms with Crippen molar-refractivity contribution in [2.24, 2.45) is 53.3 Å². The topological polar surface area (TPSA) is 110 Å². The van der Waals surface area contributed by atoms with Gasteiger partial charge in [-0.1, -0.05) is 40.2 Å². The molecular weight excluding hydrogens is 552 g/mol. The molecule has 1 heterocycles. The van der Waals surface area contributed by atoms with Crippen LogP contribution in [0.2, 0.25) is 0 Å². The number of aliphatic hydroxyl groups excluding tert-OH is 1. The minimum Gasteiger partial charge on any atom is -0.380 e. The lowest BCUT2D eigenvalue weighted by atomic mass is 9.66. The van der Waals surface area contributed by atoms with Crippen LogP contribution in [0.1, 0.15) is 72.6 Å². The second-order valence-corrected chi connectivity index (χ2v) is 14.0. The van der Waals surface area contributed by atoms with Crippen LogP contribution in [0.4, 0.5) is 0 Å². The molecule has 0 aromatic rings. The quantitative estimate of drug-likeness (QED) is 0.330. The summed E-state index contributed by atoms with van der Waals surface area (Å²) >= 11 is 0. The lowest BCUT2D eigenvalue weighted by Crippen LogP contribution is -2.42. The highest BCUT2D eigenvalue weighted by Crippen LogP contribution is 2.55. The Hall–Kier alpha value is -1.20. The number of ether oxygens (including phenoxy) is 4. The van der Waals surface area contributed by atoms with E-state index in [1.54, 1.807) is 21.3 Å². The Labute approximate surface area is 257 Å². The Balaban J connectivity index is 1.34. The molecule has 244 valence electrons. The second kappa shape index (κ2) is 14.1. The number of methoxy groups -OCH3 is 3. The molecule has 5 rings (SSSR count). The largest absolute Gasteiger partial charge is 0.380 e. The van der Waals surface area contributed by atoms with Gasteiger partial charge in [0.15, 0.2) is 12.1 Å². The molecule has 15 atom stereocenters. The third-order valence-corrected chi connectivity index (χ3v) is 11.9. The standard InChI is InChI=1S/C34H54O9/c1-8-20-11-9-10-17(2)18(3)30(36)26-14-23-22-12-21(13-25(22)28(35)15-24(23)27(26)16-41-43-20)42-34(37)29-31(38-5)19(4)32(39-6)33(29)40-7/h14,17-25,27,29,31-34,37H,8-13,15-16H2,1-7H3/t17-,18+,19?,20-,21-,22-,23-,24+,25+,27-,29?,31?,32-,33?,34-/m0/s1. The lowest BCUT2D eigenvalue weighted by Gasteiger charge is -2.37. The van der Waals surface area contributed by atoms with Gasteiger partial charge in [-0.15, -0.1) is 0 Å². The van der Waals surface area contributed by atoms with Crippen molar-refractivity contribution in [3.8, 4) is 0 Å². The van der Waals surface area contributed by atoms with Gasteiger partial charge in [0.05, 0.1) is 43.0 Å². The first-order valence-electron chi connectivity index (χ1n) is 16.6. The zero-order valence-electron chi connectivity index (χ0n) is 27.1. The Kier molecular flexibility index (Phi) is 10.8. The van der Waals surface area contributed by atoms with Gasteiger partial charge in [-0.3, -0.25) is 9.59 Å². The van der Waals surface area contributed by atoms with Gasteiger partial charge in [0.2, 0.25) is 0 Å². The van der Waals surface area contributed by atoms with E-state index in [4.69, 9.17) is 28.7 Å². The molecular formula is C34H54O9. The monoisotopic (exact) mass is 606 g/mol. The molecule has 1 aliphatic heterocycles. The number of Topliss-reactive ketones (excluding diaryl/α,β-unsaturated/α-hetero) is 2. The van der Waals surface area contributed by atoms with Crippen molar-refractivity contribution < 1.29 is 43.4 Å². The van der Waals surface area contributed by atoms with Gasteiger partial charge in [0.25, 0.3) is 0 Å². The molecule has 5 aliphatic rings. The SMILES string of the molecule is CC[C@H]1CCC[C@H](C)[C@@H](C)C(=O)C2=C[C@@H]3[C@@H](CC(=O)[C@@H]4C[C@@H](O[C@H](O)C5C(OC)C(C)[C@H](OC)C5OC)C[C@@H]34)[C@@H]2COO1. The van der Waals surface area contributed by atoms with Gasteiger partial charge >= 0.3 is 0 Å². The Morgan fingerprint density at radius 1 is 0.953 bits per heavy atom. The first-order valence-corrected chi connectivity index (χ1v) is 16.6. The number of carbonyl (C=O) groups excluding carboxylic acids is 2. The molecule has 9 nitrogen and oxygen atoms in total. The van der Waals surface area contributed by atoms with Crippen molar-refractivity contribution >= 4 is 11.6 Å². The molecule has 4 fully saturated rings. The van der Waals surface area contributed by atoms with Gasteiger partial charge < -0.3 is 24.1 Å². The highest BCUT2D eigenvalue weighted by Gasteiger charge is 2.57. The highest BCUT2D eigenvalue weighted by molar-refractivity contribution is 5.98. The molecule has 0 aromatic carbocycles. The Morgan fingerprint density at radius 3 is 2.35 bits per heavy atom. The van der Waals surface area contributed by atoms with E-state index in [2.05, 4.69) is 26.8 Å². The van der Waals surface area contributed by atoms with Crippen molar-refractivity contribution in [3.05, 3.63) is 11.6 Å². The molecule has 4 aliphatic carbocycles. The van der Waals surface area contributed by atoms with E-state index >= 15 is 0 Å². The van der Waals surface area contributed by atoms with Crippen LogP contribution >= 0.6 is 0 Å². The summed E-state index contributed by atoms with van der Waals surface area (Å²) in [6.45, 7) is 8.67. The maximum Gasteiger partial charge on any atom is 0.162 e. The zero-order valence-corrected chi connectivity index (χ0v) is 27.1. The van der Waals surface area contributed by atoms with E-state index in [1.165, 1.54) is 0 Å². The molecule has 4 unspecified atom stereocenters. The van der Waals surface area contributed by atoms with Crippen LogP contribution in [0.3, 0.4) is 0 Å². The van der Waals surface area contributed by atoms with Crippen molar-refractivity contribution in [1.82, 2.24) is 0 Å². The van der Waals surface area contributed by atoms with E-state index in [9.17, 15) is 14.7 Å². The van der Waals surface area contributed by atoms with E-state index in [0.29, 0.717) is 19.3 Å². The number of hydrogen-bond acceptors (Lipinski definition) is 9. The van der Waals surface area contributed by atoms with Gasteiger partial charge in [-0.25, -0.2) is 9.78 Å². The summed E-state index contributed by atoms with van der Waals surface area (Å²) in [5, 5.41) is 11.4. The number of fused-ring (bicyclic) bond motifs is 5. The summed E-state index contributed by atoms with van der Waals surface area (Å²) in [5.74, 6) is 0.0802. The maximum absolute atomic E-state index is 13.9. The van der Waals surface area contributed by atoms with E-state index < -0.39 is 12.2 Å². The average molecular weight is 607 g/mol. The van der Waals surface area contributed by atoms with Crippen LogP contribution in [0, 0.1) is 53.3 Å². The maximum atomic E-state index is 13.9. The first kappa shape index (κ1) is 33.2. The summed E-state index contributed by atoms with van der Waals surface area (Å²) in [5.41, 5.74) is 0.820. The highest BCUT2D eigenvalue weighted by atomic mass is 17.2. The van der Waals surface area contributed by atoms with Crippen LogP contribution in [0.5, 0.6) is 0 Å². The fourth-order valence-corrected chi connectivity index (χ4v) is 9.30. The van der Waals surface area contributed by atoms with Crippen LogP contribution in [0.25, 0.3) is 0 Å². The Morgan fingerprint density at radius 2 is 1.67 bits per heavy atom. The number of carbonyl (C=O) groups is 2. The third-order valence-electron chi connectivity index (χ3n) is 11.9. The van der Waals surface area contributed by atoms with Crippen molar-refractivity contribution in [3.63, 3.8) is 0 Å². The molecule has 0 amide bonds. The fraction of sp³-hybridized carbons (Fsp3) is 0.882. The second-order valence-electron chi connectivity index (χ2n) is 14.0.